The van der Waals surface area contributed by atoms with Gasteiger partial charge in [0.1, 0.15) is 0 Å². The van der Waals surface area contributed by atoms with Crippen LogP contribution >= 0.6 is 23.1 Å². The summed E-state index contributed by atoms with van der Waals surface area (Å²) in [5, 5.41) is 12.6. The Morgan fingerprint density at radius 1 is 1.38 bits per heavy atom. The van der Waals surface area contributed by atoms with Crippen molar-refractivity contribution in [3.63, 3.8) is 0 Å². The predicted molar refractivity (Wildman–Crippen MR) is 106 cm³/mol. The average Bonchev–Trinajstić information content (AvgIpc) is 3.10. The van der Waals surface area contributed by atoms with E-state index in [-0.39, 0.29) is 24.2 Å². The molecule has 2 rings (SSSR count). The zero-order valence-electron chi connectivity index (χ0n) is 14.8. The molecule has 0 radical (unpaired) electrons. The number of amides is 1. The highest BCUT2D eigenvalue weighted by Gasteiger charge is 2.25. The molecule has 1 fully saturated rings. The van der Waals surface area contributed by atoms with E-state index in [1.165, 1.54) is 0 Å². The van der Waals surface area contributed by atoms with Crippen LogP contribution in [0.15, 0.2) is 29.0 Å². The number of aliphatic carboxylic acids is 1. The molecule has 0 unspecified atom stereocenters. The van der Waals surface area contributed by atoms with Crippen LogP contribution in [-0.2, 0) is 20.8 Å². The largest absolute Gasteiger partial charge is 0.481 e. The average molecular weight is 396 g/mol. The molecular weight excluding hydrogens is 370 g/mol. The SMILES string of the molecule is O=C(O)CCCSCCN1C(=O)CCC[C@@H]1C=CC(=O)Cc1ccsc1. The summed E-state index contributed by atoms with van der Waals surface area (Å²) >= 11 is 3.25. The third-order valence-corrected chi connectivity index (χ3v) is 6.01. The number of carboxylic acids is 1. The van der Waals surface area contributed by atoms with Gasteiger partial charge in [-0.1, -0.05) is 6.08 Å². The predicted octanol–water partition coefficient (Wildman–Crippen LogP) is 3.40. The van der Waals surface area contributed by atoms with Crippen molar-refractivity contribution in [2.24, 2.45) is 0 Å². The van der Waals surface area contributed by atoms with Gasteiger partial charge in [-0.15, -0.1) is 0 Å². The van der Waals surface area contributed by atoms with E-state index in [9.17, 15) is 14.4 Å². The summed E-state index contributed by atoms with van der Waals surface area (Å²) in [4.78, 5) is 36.7. The number of thiophene rings is 1. The minimum atomic E-state index is -0.769. The second-order valence-electron chi connectivity index (χ2n) is 6.29. The van der Waals surface area contributed by atoms with E-state index in [1.54, 1.807) is 29.2 Å². The normalized spacial score (nSPS) is 17.8. The molecule has 1 aliphatic rings. The Hall–Kier alpha value is -1.60. The monoisotopic (exact) mass is 395 g/mol. The van der Waals surface area contributed by atoms with Crippen LogP contribution in [0.2, 0.25) is 0 Å². The van der Waals surface area contributed by atoms with Crippen LogP contribution < -0.4 is 0 Å². The Morgan fingerprint density at radius 3 is 2.96 bits per heavy atom. The maximum atomic E-state index is 12.2. The van der Waals surface area contributed by atoms with Gasteiger partial charge in [-0.2, -0.15) is 23.1 Å². The lowest BCUT2D eigenvalue weighted by Gasteiger charge is -2.34. The van der Waals surface area contributed by atoms with E-state index in [4.69, 9.17) is 5.11 Å². The Balaban J connectivity index is 1.78. The van der Waals surface area contributed by atoms with Gasteiger partial charge in [-0.3, -0.25) is 14.4 Å². The maximum Gasteiger partial charge on any atom is 0.303 e. The van der Waals surface area contributed by atoms with Gasteiger partial charge in [0.15, 0.2) is 5.78 Å². The number of likely N-dealkylation sites (tertiary alicyclic amines) is 1. The van der Waals surface area contributed by atoms with Crippen LogP contribution in [0.3, 0.4) is 0 Å². The van der Waals surface area contributed by atoms with Crippen LogP contribution in [0.1, 0.15) is 37.7 Å². The molecule has 0 spiro atoms. The van der Waals surface area contributed by atoms with Crippen molar-refractivity contribution >= 4 is 40.8 Å². The third kappa shape index (κ3) is 7.33. The van der Waals surface area contributed by atoms with Crippen LogP contribution in [-0.4, -0.2) is 51.8 Å². The van der Waals surface area contributed by atoms with Crippen molar-refractivity contribution < 1.29 is 19.5 Å². The van der Waals surface area contributed by atoms with Crippen LogP contribution in [0, 0.1) is 0 Å². The van der Waals surface area contributed by atoms with Crippen molar-refractivity contribution in [3.05, 3.63) is 34.5 Å². The molecule has 1 atom stereocenters. The first-order valence-electron chi connectivity index (χ1n) is 8.87. The highest BCUT2D eigenvalue weighted by Crippen LogP contribution is 2.20. The Kier molecular flexibility index (Phi) is 8.91. The molecule has 1 saturated heterocycles. The number of carbonyl (C=O) groups excluding carboxylic acids is 2. The van der Waals surface area contributed by atoms with Gasteiger partial charge in [-0.25, -0.2) is 0 Å². The summed E-state index contributed by atoms with van der Waals surface area (Å²) in [5.74, 6) is 1.01. The van der Waals surface area contributed by atoms with E-state index in [0.717, 1.165) is 29.9 Å². The van der Waals surface area contributed by atoms with Crippen LogP contribution in [0.5, 0.6) is 0 Å². The van der Waals surface area contributed by atoms with Gasteiger partial charge < -0.3 is 10.0 Å². The molecule has 142 valence electrons. The quantitative estimate of drug-likeness (QED) is 0.459. The van der Waals surface area contributed by atoms with E-state index in [2.05, 4.69) is 0 Å². The molecule has 1 aromatic rings. The molecule has 1 N–H and O–H groups in total. The molecule has 1 amide bonds. The molecule has 0 saturated carbocycles. The number of carbonyl (C=O) groups is 3. The maximum absolute atomic E-state index is 12.2. The summed E-state index contributed by atoms with van der Waals surface area (Å²) in [7, 11) is 0. The molecule has 0 aromatic carbocycles. The summed E-state index contributed by atoms with van der Waals surface area (Å²) < 4.78 is 0. The number of piperidine rings is 1. The summed E-state index contributed by atoms with van der Waals surface area (Å²) in [5.41, 5.74) is 1.03. The zero-order chi connectivity index (χ0) is 18.8. The summed E-state index contributed by atoms with van der Waals surface area (Å²) in [6.45, 7) is 0.643. The number of hydrogen-bond donors (Lipinski definition) is 1. The van der Waals surface area contributed by atoms with Gasteiger partial charge in [0, 0.05) is 31.6 Å². The molecule has 26 heavy (non-hydrogen) atoms. The van der Waals surface area contributed by atoms with E-state index >= 15 is 0 Å². The van der Waals surface area contributed by atoms with Crippen molar-refractivity contribution in [2.45, 2.75) is 44.6 Å². The number of allylic oxidation sites excluding steroid dienone is 1. The number of thioether (sulfide) groups is 1. The first-order valence-corrected chi connectivity index (χ1v) is 11.0. The number of ketones is 1. The van der Waals surface area contributed by atoms with Crippen molar-refractivity contribution in [3.8, 4) is 0 Å². The molecule has 0 aliphatic carbocycles. The smallest absolute Gasteiger partial charge is 0.303 e. The molecule has 2 heterocycles. The van der Waals surface area contributed by atoms with E-state index in [0.29, 0.717) is 25.8 Å². The second kappa shape index (κ2) is 11.2. The standard InChI is InChI=1S/C19H25NO4S2/c21-17(13-15-8-11-26-14-15)7-6-16-3-1-4-18(22)20(16)9-12-25-10-2-5-19(23)24/h6-8,11,14,16H,1-5,9-10,12-13H2,(H,23,24)/t16-/m1/s1. The Bertz CT molecular complexity index is 627. The lowest BCUT2D eigenvalue weighted by Crippen LogP contribution is -2.43. The van der Waals surface area contributed by atoms with Gasteiger partial charge in [0.2, 0.25) is 5.91 Å². The molecule has 1 aromatic heterocycles. The van der Waals surface area contributed by atoms with Crippen molar-refractivity contribution in [1.82, 2.24) is 4.90 Å². The molecule has 1 aliphatic heterocycles. The van der Waals surface area contributed by atoms with Gasteiger partial charge in [-0.05, 0) is 53.5 Å². The Morgan fingerprint density at radius 2 is 2.23 bits per heavy atom. The summed E-state index contributed by atoms with van der Waals surface area (Å²) in [6.07, 6.45) is 7.04. The van der Waals surface area contributed by atoms with Gasteiger partial charge in [0.05, 0.1) is 6.04 Å². The molecule has 0 bridgehead atoms. The minimum Gasteiger partial charge on any atom is -0.481 e. The van der Waals surface area contributed by atoms with Gasteiger partial charge >= 0.3 is 5.97 Å². The van der Waals surface area contributed by atoms with Gasteiger partial charge in [0.25, 0.3) is 0 Å². The first kappa shape index (κ1) is 20.7. The van der Waals surface area contributed by atoms with Crippen LogP contribution in [0.4, 0.5) is 0 Å². The lowest BCUT2D eigenvalue weighted by atomic mass is 10.0. The van der Waals surface area contributed by atoms with E-state index in [1.807, 2.05) is 27.8 Å². The van der Waals surface area contributed by atoms with Crippen molar-refractivity contribution in [2.75, 3.05) is 18.1 Å². The fourth-order valence-corrected chi connectivity index (χ4v) is 4.45. The summed E-state index contributed by atoms with van der Waals surface area (Å²) in [6, 6.07) is 1.94. The van der Waals surface area contributed by atoms with Crippen molar-refractivity contribution in [1.29, 1.82) is 0 Å². The molecular formula is C19H25NO4S2. The number of hydrogen-bond acceptors (Lipinski definition) is 5. The zero-order valence-corrected chi connectivity index (χ0v) is 16.4. The highest BCUT2D eigenvalue weighted by molar-refractivity contribution is 7.99. The fourth-order valence-electron chi connectivity index (χ4n) is 2.90. The van der Waals surface area contributed by atoms with Crippen LogP contribution in [0.25, 0.3) is 0 Å². The number of nitrogens with zero attached hydrogens (tertiary/aromatic N) is 1. The Labute approximate surface area is 162 Å². The first-order chi connectivity index (χ1) is 12.6. The topological polar surface area (TPSA) is 74.7 Å². The molecule has 7 heteroatoms. The number of rotatable bonds is 11. The van der Waals surface area contributed by atoms with E-state index < -0.39 is 5.97 Å². The third-order valence-electron chi connectivity index (χ3n) is 4.23. The highest BCUT2D eigenvalue weighted by atomic mass is 32.2. The minimum absolute atomic E-state index is 0.0118. The molecule has 5 nitrogen and oxygen atoms in total. The number of carboxylic acid groups (broad SMARTS) is 1. The lowest BCUT2D eigenvalue weighted by molar-refractivity contribution is -0.137. The second-order valence-corrected chi connectivity index (χ2v) is 8.29. The fraction of sp³-hybridized carbons (Fsp3) is 0.526.